The maximum atomic E-state index is 12.8. The molecular weight excluding hydrogens is 376 g/mol. The summed E-state index contributed by atoms with van der Waals surface area (Å²) in [6, 6.07) is 15.0. The van der Waals surface area contributed by atoms with E-state index in [1.54, 1.807) is 0 Å². The number of anilines is 1. The highest BCUT2D eigenvalue weighted by molar-refractivity contribution is 5.93. The van der Waals surface area contributed by atoms with Crippen molar-refractivity contribution in [3.8, 4) is 11.5 Å². The van der Waals surface area contributed by atoms with Crippen molar-refractivity contribution in [1.29, 1.82) is 0 Å². The molecular formula is C25H32N2O3. The van der Waals surface area contributed by atoms with E-state index in [4.69, 9.17) is 9.47 Å². The first-order chi connectivity index (χ1) is 14.7. The molecule has 160 valence electrons. The number of amides is 1. The van der Waals surface area contributed by atoms with Crippen LogP contribution in [0.1, 0.15) is 44.2 Å². The van der Waals surface area contributed by atoms with Gasteiger partial charge in [0.1, 0.15) is 13.2 Å². The Morgan fingerprint density at radius 2 is 1.63 bits per heavy atom. The monoisotopic (exact) mass is 408 g/mol. The second-order valence-electron chi connectivity index (χ2n) is 8.12. The largest absolute Gasteiger partial charge is 0.486 e. The third-order valence-corrected chi connectivity index (χ3v) is 6.13. The number of ether oxygens (including phenoxy) is 2. The number of benzene rings is 2. The second-order valence-corrected chi connectivity index (χ2v) is 8.12. The Bertz CT molecular complexity index is 857. The molecule has 0 atom stereocenters. The van der Waals surface area contributed by atoms with Crippen molar-refractivity contribution in [2.75, 3.05) is 31.2 Å². The molecule has 0 bridgehead atoms. The molecule has 0 aromatic heterocycles. The van der Waals surface area contributed by atoms with E-state index in [9.17, 15) is 4.79 Å². The summed E-state index contributed by atoms with van der Waals surface area (Å²) in [5.41, 5.74) is 3.58. The fraction of sp³-hybridized carbons (Fsp3) is 0.480. The summed E-state index contributed by atoms with van der Waals surface area (Å²) in [5, 5.41) is 0. The smallest absolute Gasteiger partial charge is 0.226 e. The number of likely N-dealkylation sites (tertiary alicyclic amines) is 1. The minimum absolute atomic E-state index is 0.213. The highest BCUT2D eigenvalue weighted by Gasteiger charge is 2.28. The van der Waals surface area contributed by atoms with Crippen LogP contribution in [0.2, 0.25) is 0 Å². The summed E-state index contributed by atoms with van der Waals surface area (Å²) in [6.07, 6.45) is 3.53. The van der Waals surface area contributed by atoms with E-state index < -0.39 is 0 Å². The molecule has 1 saturated heterocycles. The molecule has 0 N–H and O–H groups in total. The number of hydrogen-bond acceptors (Lipinski definition) is 4. The van der Waals surface area contributed by atoms with Gasteiger partial charge in [-0.25, -0.2) is 0 Å². The predicted molar refractivity (Wildman–Crippen MR) is 119 cm³/mol. The number of hydrogen-bond donors (Lipinski definition) is 0. The second kappa shape index (κ2) is 9.52. The van der Waals surface area contributed by atoms with Crippen molar-refractivity contribution in [2.24, 2.45) is 0 Å². The molecule has 2 aliphatic rings. The van der Waals surface area contributed by atoms with Gasteiger partial charge in [0.25, 0.3) is 0 Å². The molecule has 1 amide bonds. The molecule has 2 heterocycles. The third kappa shape index (κ3) is 4.62. The SMILES string of the molecule is CCC(=O)N(c1ccc(CC)cc1)C1CCN(Cc2ccc3c(c2)OCCO3)CC1. The van der Waals surface area contributed by atoms with E-state index in [-0.39, 0.29) is 11.9 Å². The molecule has 0 aliphatic carbocycles. The molecule has 5 heteroatoms. The Balaban J connectivity index is 1.39. The predicted octanol–water partition coefficient (Wildman–Crippen LogP) is 4.43. The van der Waals surface area contributed by atoms with Gasteiger partial charge in [-0.05, 0) is 54.7 Å². The fourth-order valence-corrected chi connectivity index (χ4v) is 4.40. The number of rotatable bonds is 6. The highest BCUT2D eigenvalue weighted by atomic mass is 16.6. The van der Waals surface area contributed by atoms with Crippen molar-refractivity contribution < 1.29 is 14.3 Å². The van der Waals surface area contributed by atoms with Crippen LogP contribution in [0.25, 0.3) is 0 Å². The lowest BCUT2D eigenvalue weighted by molar-refractivity contribution is -0.119. The van der Waals surface area contributed by atoms with E-state index in [2.05, 4.69) is 48.2 Å². The van der Waals surface area contributed by atoms with E-state index in [1.165, 1.54) is 11.1 Å². The zero-order valence-electron chi connectivity index (χ0n) is 18.1. The number of carbonyl (C=O) groups excluding carboxylic acids is 1. The Labute approximate surface area is 179 Å². The normalized spacial score (nSPS) is 17.0. The Morgan fingerprint density at radius 1 is 0.967 bits per heavy atom. The average Bonchev–Trinajstić information content (AvgIpc) is 2.80. The molecule has 0 radical (unpaired) electrons. The maximum Gasteiger partial charge on any atom is 0.226 e. The van der Waals surface area contributed by atoms with E-state index in [1.807, 2.05) is 17.9 Å². The van der Waals surface area contributed by atoms with Crippen molar-refractivity contribution >= 4 is 11.6 Å². The van der Waals surface area contributed by atoms with Crippen LogP contribution in [0.15, 0.2) is 42.5 Å². The summed E-state index contributed by atoms with van der Waals surface area (Å²) in [5.74, 6) is 1.90. The van der Waals surface area contributed by atoms with Crippen LogP contribution in [0, 0.1) is 0 Å². The van der Waals surface area contributed by atoms with Gasteiger partial charge in [0.15, 0.2) is 11.5 Å². The zero-order valence-corrected chi connectivity index (χ0v) is 18.1. The van der Waals surface area contributed by atoms with Gasteiger partial charge in [-0.1, -0.05) is 32.0 Å². The van der Waals surface area contributed by atoms with Gasteiger partial charge in [0, 0.05) is 37.8 Å². The molecule has 2 aliphatic heterocycles. The van der Waals surface area contributed by atoms with Gasteiger partial charge < -0.3 is 14.4 Å². The highest BCUT2D eigenvalue weighted by Crippen LogP contribution is 2.32. The van der Waals surface area contributed by atoms with E-state index in [0.717, 1.165) is 56.1 Å². The Hall–Kier alpha value is -2.53. The summed E-state index contributed by atoms with van der Waals surface area (Å²) >= 11 is 0. The van der Waals surface area contributed by atoms with Gasteiger partial charge in [-0.3, -0.25) is 9.69 Å². The summed E-state index contributed by atoms with van der Waals surface area (Å²) < 4.78 is 11.3. The van der Waals surface area contributed by atoms with Gasteiger partial charge in [-0.2, -0.15) is 0 Å². The van der Waals surface area contributed by atoms with E-state index >= 15 is 0 Å². The summed E-state index contributed by atoms with van der Waals surface area (Å²) in [4.78, 5) is 17.3. The first-order valence-electron chi connectivity index (χ1n) is 11.2. The number of fused-ring (bicyclic) bond motifs is 1. The van der Waals surface area contributed by atoms with Crippen molar-refractivity contribution in [1.82, 2.24) is 4.90 Å². The van der Waals surface area contributed by atoms with Crippen molar-refractivity contribution in [3.63, 3.8) is 0 Å². The number of piperidine rings is 1. The lowest BCUT2D eigenvalue weighted by Crippen LogP contribution is -2.47. The lowest BCUT2D eigenvalue weighted by atomic mass is 10.0. The average molecular weight is 409 g/mol. The van der Waals surface area contributed by atoms with Gasteiger partial charge in [-0.15, -0.1) is 0 Å². The van der Waals surface area contributed by atoms with Crippen molar-refractivity contribution in [2.45, 2.75) is 52.1 Å². The fourth-order valence-electron chi connectivity index (χ4n) is 4.40. The molecule has 2 aromatic rings. The number of nitrogens with zero attached hydrogens (tertiary/aromatic N) is 2. The number of carbonyl (C=O) groups is 1. The summed E-state index contributed by atoms with van der Waals surface area (Å²) in [6.45, 7) is 8.21. The van der Waals surface area contributed by atoms with Crippen LogP contribution in [0.3, 0.4) is 0 Å². The Morgan fingerprint density at radius 3 is 2.30 bits per heavy atom. The zero-order chi connectivity index (χ0) is 20.9. The number of aryl methyl sites for hydroxylation is 1. The topological polar surface area (TPSA) is 42.0 Å². The summed E-state index contributed by atoms with van der Waals surface area (Å²) in [7, 11) is 0. The lowest BCUT2D eigenvalue weighted by Gasteiger charge is -2.38. The van der Waals surface area contributed by atoms with Crippen LogP contribution in [0.4, 0.5) is 5.69 Å². The van der Waals surface area contributed by atoms with Crippen LogP contribution >= 0.6 is 0 Å². The van der Waals surface area contributed by atoms with Crippen LogP contribution in [0.5, 0.6) is 11.5 Å². The molecule has 4 rings (SSSR count). The standard InChI is InChI=1S/C25H32N2O3/c1-3-19-5-8-21(9-6-19)27(25(28)4-2)22-11-13-26(14-12-22)18-20-7-10-23-24(17-20)30-16-15-29-23/h5-10,17,22H,3-4,11-16,18H2,1-2H3. The van der Waals surface area contributed by atoms with Crippen LogP contribution < -0.4 is 14.4 Å². The molecule has 2 aromatic carbocycles. The molecule has 30 heavy (non-hydrogen) atoms. The quantitative estimate of drug-likeness (QED) is 0.709. The Kier molecular flexibility index (Phi) is 6.58. The maximum absolute atomic E-state index is 12.8. The van der Waals surface area contributed by atoms with Crippen LogP contribution in [-0.4, -0.2) is 43.2 Å². The molecule has 1 fully saturated rings. The van der Waals surface area contributed by atoms with Gasteiger partial charge in [0.2, 0.25) is 5.91 Å². The first-order valence-corrected chi connectivity index (χ1v) is 11.2. The minimum Gasteiger partial charge on any atom is -0.486 e. The van der Waals surface area contributed by atoms with Gasteiger partial charge in [0.05, 0.1) is 0 Å². The van der Waals surface area contributed by atoms with E-state index in [0.29, 0.717) is 19.6 Å². The minimum atomic E-state index is 0.213. The molecule has 0 unspecified atom stereocenters. The first kappa shape index (κ1) is 20.7. The van der Waals surface area contributed by atoms with Crippen LogP contribution in [-0.2, 0) is 17.8 Å². The van der Waals surface area contributed by atoms with Gasteiger partial charge >= 0.3 is 0 Å². The molecule has 0 saturated carbocycles. The van der Waals surface area contributed by atoms with Crippen molar-refractivity contribution in [3.05, 3.63) is 53.6 Å². The third-order valence-electron chi connectivity index (χ3n) is 6.13. The molecule has 5 nitrogen and oxygen atoms in total. The molecule has 0 spiro atoms.